The molecule has 0 saturated carbocycles. The second-order valence-corrected chi connectivity index (χ2v) is 5.13. The van der Waals surface area contributed by atoms with Gasteiger partial charge >= 0.3 is 0 Å². The largest absolute Gasteiger partial charge is 0.316 e. The van der Waals surface area contributed by atoms with Crippen LogP contribution < -0.4 is 5.32 Å². The van der Waals surface area contributed by atoms with Gasteiger partial charge in [-0.1, -0.05) is 35.0 Å². The van der Waals surface area contributed by atoms with Crippen molar-refractivity contribution in [3.8, 4) is 0 Å². The maximum Gasteiger partial charge on any atom is 0.0175 e. The number of hydrogen-bond acceptors (Lipinski definition) is 1. The Bertz CT molecular complexity index is 293. The van der Waals surface area contributed by atoms with Crippen LogP contribution in [-0.4, -0.2) is 13.1 Å². The minimum absolute atomic E-state index is 0. The predicted molar refractivity (Wildman–Crippen MR) is 66.1 cm³/mol. The van der Waals surface area contributed by atoms with Crippen molar-refractivity contribution in [2.45, 2.75) is 13.3 Å². The second kappa shape index (κ2) is 4.65. The van der Waals surface area contributed by atoms with Crippen LogP contribution in [0.2, 0.25) is 0 Å². The highest BCUT2D eigenvalue weighted by atomic mass is 79.9. The van der Waals surface area contributed by atoms with E-state index in [1.165, 1.54) is 12.0 Å². The normalized spacial score (nSPS) is 18.1. The van der Waals surface area contributed by atoms with E-state index in [2.05, 4.69) is 52.4 Å². The van der Waals surface area contributed by atoms with Gasteiger partial charge in [-0.2, -0.15) is 0 Å². The van der Waals surface area contributed by atoms with Crippen LogP contribution in [0.4, 0.5) is 0 Å². The summed E-state index contributed by atoms with van der Waals surface area (Å²) in [6.45, 7) is 4.65. The lowest BCUT2D eigenvalue weighted by atomic mass is 9.78. The third-order valence-electron chi connectivity index (χ3n) is 2.65. The Morgan fingerprint density at radius 2 is 1.86 bits per heavy atom. The smallest absolute Gasteiger partial charge is 0.0175 e. The molecule has 1 aromatic carbocycles. The third-order valence-corrected chi connectivity index (χ3v) is 3.18. The SMILES string of the molecule is CC1(Cc2ccc(Br)cc2)CNC1.Cl. The molecule has 1 nitrogen and oxygen atoms in total. The lowest BCUT2D eigenvalue weighted by molar-refractivity contribution is 0.195. The summed E-state index contributed by atoms with van der Waals surface area (Å²) < 4.78 is 1.16. The van der Waals surface area contributed by atoms with Gasteiger partial charge in [0.15, 0.2) is 0 Å². The summed E-state index contributed by atoms with van der Waals surface area (Å²) in [7, 11) is 0. The van der Waals surface area contributed by atoms with Crippen LogP contribution in [0.3, 0.4) is 0 Å². The molecule has 0 spiro atoms. The average molecular weight is 277 g/mol. The van der Waals surface area contributed by atoms with Crippen LogP contribution in [-0.2, 0) is 6.42 Å². The zero-order chi connectivity index (χ0) is 9.31. The number of nitrogens with one attached hydrogen (secondary N) is 1. The molecule has 1 aromatic rings. The van der Waals surface area contributed by atoms with Crippen molar-refractivity contribution in [3.63, 3.8) is 0 Å². The molecule has 0 atom stereocenters. The lowest BCUT2D eigenvalue weighted by Crippen LogP contribution is -2.52. The maximum absolute atomic E-state index is 3.44. The number of benzene rings is 1. The molecule has 1 fully saturated rings. The highest BCUT2D eigenvalue weighted by Gasteiger charge is 2.31. The Morgan fingerprint density at radius 1 is 1.29 bits per heavy atom. The maximum atomic E-state index is 3.44. The van der Waals surface area contributed by atoms with Crippen LogP contribution >= 0.6 is 28.3 Å². The first-order valence-corrected chi connectivity index (χ1v) is 5.42. The van der Waals surface area contributed by atoms with Crippen molar-refractivity contribution in [2.24, 2.45) is 5.41 Å². The predicted octanol–water partition coefficient (Wildman–Crippen LogP) is 3.02. The molecule has 1 N–H and O–H groups in total. The first-order chi connectivity index (χ1) is 6.18. The monoisotopic (exact) mass is 275 g/mol. The van der Waals surface area contributed by atoms with Gasteiger partial charge in [-0.05, 0) is 29.5 Å². The number of halogens is 2. The molecule has 0 amide bonds. The fraction of sp³-hybridized carbons (Fsp3) is 0.455. The van der Waals surface area contributed by atoms with E-state index in [4.69, 9.17) is 0 Å². The van der Waals surface area contributed by atoms with Crippen molar-refractivity contribution in [2.75, 3.05) is 13.1 Å². The van der Waals surface area contributed by atoms with Crippen LogP contribution in [0.25, 0.3) is 0 Å². The van der Waals surface area contributed by atoms with Gasteiger partial charge in [-0.3, -0.25) is 0 Å². The quantitative estimate of drug-likeness (QED) is 0.875. The molecule has 1 aliphatic heterocycles. The van der Waals surface area contributed by atoms with Crippen molar-refractivity contribution in [1.29, 1.82) is 0 Å². The molecular formula is C11H15BrClN. The molecule has 0 aliphatic carbocycles. The summed E-state index contributed by atoms with van der Waals surface area (Å²) in [5.41, 5.74) is 1.93. The standard InChI is InChI=1S/C11H14BrN.ClH/c1-11(7-13-8-11)6-9-2-4-10(12)5-3-9;/h2-5,13H,6-8H2,1H3;1H. The molecule has 1 heterocycles. The minimum atomic E-state index is 0. The fourth-order valence-electron chi connectivity index (χ4n) is 1.77. The number of rotatable bonds is 2. The topological polar surface area (TPSA) is 12.0 Å². The van der Waals surface area contributed by atoms with E-state index < -0.39 is 0 Å². The van der Waals surface area contributed by atoms with Crippen molar-refractivity contribution in [1.82, 2.24) is 5.32 Å². The summed E-state index contributed by atoms with van der Waals surface area (Å²) in [5.74, 6) is 0. The van der Waals surface area contributed by atoms with E-state index in [9.17, 15) is 0 Å². The summed E-state index contributed by atoms with van der Waals surface area (Å²) in [6.07, 6.45) is 1.19. The Balaban J connectivity index is 0.000000980. The van der Waals surface area contributed by atoms with Gasteiger partial charge in [-0.25, -0.2) is 0 Å². The second-order valence-electron chi connectivity index (χ2n) is 4.22. The van der Waals surface area contributed by atoms with Crippen molar-refractivity contribution >= 4 is 28.3 Å². The van der Waals surface area contributed by atoms with E-state index in [1.54, 1.807) is 0 Å². The summed E-state index contributed by atoms with van der Waals surface area (Å²) >= 11 is 3.44. The van der Waals surface area contributed by atoms with Crippen LogP contribution in [0, 0.1) is 5.41 Å². The van der Waals surface area contributed by atoms with E-state index in [0.717, 1.165) is 17.6 Å². The zero-order valence-corrected chi connectivity index (χ0v) is 10.6. The Morgan fingerprint density at radius 3 is 2.29 bits per heavy atom. The van der Waals surface area contributed by atoms with Gasteiger partial charge in [-0.15, -0.1) is 12.4 Å². The zero-order valence-electron chi connectivity index (χ0n) is 8.22. The lowest BCUT2D eigenvalue weighted by Gasteiger charge is -2.39. The molecule has 0 radical (unpaired) electrons. The van der Waals surface area contributed by atoms with E-state index in [1.807, 2.05) is 0 Å². The van der Waals surface area contributed by atoms with Crippen molar-refractivity contribution in [3.05, 3.63) is 34.3 Å². The summed E-state index contributed by atoms with van der Waals surface area (Å²) in [6, 6.07) is 8.64. The molecule has 1 aliphatic rings. The summed E-state index contributed by atoms with van der Waals surface area (Å²) in [4.78, 5) is 0. The molecule has 3 heteroatoms. The molecule has 0 unspecified atom stereocenters. The van der Waals surface area contributed by atoms with Crippen molar-refractivity contribution < 1.29 is 0 Å². The Hall–Kier alpha value is -0.0500. The number of hydrogen-bond donors (Lipinski definition) is 1. The first kappa shape index (κ1) is 12.0. The molecule has 14 heavy (non-hydrogen) atoms. The van der Waals surface area contributed by atoms with Crippen LogP contribution in [0.5, 0.6) is 0 Å². The Kier molecular flexibility index (Phi) is 3.99. The minimum Gasteiger partial charge on any atom is -0.316 e. The highest BCUT2D eigenvalue weighted by Crippen LogP contribution is 2.27. The van der Waals surface area contributed by atoms with Gasteiger partial charge in [0.1, 0.15) is 0 Å². The van der Waals surface area contributed by atoms with Gasteiger partial charge in [0.25, 0.3) is 0 Å². The van der Waals surface area contributed by atoms with Gasteiger partial charge < -0.3 is 5.32 Å². The van der Waals surface area contributed by atoms with Gasteiger partial charge in [0.2, 0.25) is 0 Å². The average Bonchev–Trinajstić information content (AvgIpc) is 2.06. The first-order valence-electron chi connectivity index (χ1n) is 4.63. The molecule has 2 rings (SSSR count). The third kappa shape index (κ3) is 2.72. The van der Waals surface area contributed by atoms with E-state index in [-0.39, 0.29) is 12.4 Å². The van der Waals surface area contributed by atoms with Gasteiger partial charge in [0, 0.05) is 17.6 Å². The summed E-state index contributed by atoms with van der Waals surface area (Å²) in [5, 5.41) is 3.32. The molecular weight excluding hydrogens is 261 g/mol. The molecule has 0 bridgehead atoms. The van der Waals surface area contributed by atoms with Crippen LogP contribution in [0.1, 0.15) is 12.5 Å². The molecule has 1 saturated heterocycles. The van der Waals surface area contributed by atoms with E-state index in [0.29, 0.717) is 5.41 Å². The Labute approximate surface area is 99.8 Å². The molecule has 78 valence electrons. The van der Waals surface area contributed by atoms with Gasteiger partial charge in [0.05, 0.1) is 0 Å². The van der Waals surface area contributed by atoms with Crippen LogP contribution in [0.15, 0.2) is 28.7 Å². The highest BCUT2D eigenvalue weighted by molar-refractivity contribution is 9.10. The van der Waals surface area contributed by atoms with E-state index >= 15 is 0 Å². The fourth-order valence-corrected chi connectivity index (χ4v) is 2.04. The molecule has 0 aromatic heterocycles.